The molecule has 7 heteroatoms. The van der Waals surface area contributed by atoms with Gasteiger partial charge in [-0.05, 0) is 56.9 Å². The van der Waals surface area contributed by atoms with Gasteiger partial charge in [-0.15, -0.1) is 0 Å². The van der Waals surface area contributed by atoms with Gasteiger partial charge in [-0.2, -0.15) is 0 Å². The van der Waals surface area contributed by atoms with E-state index in [1.165, 1.54) is 5.01 Å². The number of amides is 2. The second-order valence-corrected chi connectivity index (χ2v) is 9.56. The molecule has 0 spiro atoms. The SMILES string of the molecule is CCC(N(NC(=O)Oc1ccc2c(c1C)OCCO2)C(=O)c1cc(C)cc(C)c1)C(C)(C)C. The Bertz CT molecular complexity index is 1020. The molecule has 2 amide bonds. The van der Waals surface area contributed by atoms with Gasteiger partial charge in [-0.25, -0.2) is 15.2 Å². The lowest BCUT2D eigenvalue weighted by molar-refractivity contribution is 0.0325. The number of benzene rings is 2. The van der Waals surface area contributed by atoms with E-state index in [4.69, 9.17) is 14.2 Å². The highest BCUT2D eigenvalue weighted by Crippen LogP contribution is 2.38. The highest BCUT2D eigenvalue weighted by molar-refractivity contribution is 5.95. The summed E-state index contributed by atoms with van der Waals surface area (Å²) in [5.74, 6) is 1.26. The lowest BCUT2D eigenvalue weighted by atomic mass is 9.84. The lowest BCUT2D eigenvalue weighted by Gasteiger charge is -2.39. The van der Waals surface area contributed by atoms with Crippen molar-refractivity contribution in [2.45, 2.75) is 60.9 Å². The molecule has 1 unspecified atom stereocenters. The first kappa shape index (κ1) is 24.4. The largest absolute Gasteiger partial charge is 0.486 e. The quantitative estimate of drug-likeness (QED) is 0.630. The van der Waals surface area contributed by atoms with Crippen molar-refractivity contribution in [1.82, 2.24) is 10.4 Å². The Morgan fingerprint density at radius 1 is 1.06 bits per heavy atom. The van der Waals surface area contributed by atoms with Gasteiger partial charge in [0.15, 0.2) is 11.5 Å². The molecular weight excluding hydrogens is 420 g/mol. The van der Waals surface area contributed by atoms with E-state index in [0.717, 1.165) is 11.1 Å². The highest BCUT2D eigenvalue weighted by Gasteiger charge is 2.35. The summed E-state index contributed by atoms with van der Waals surface area (Å²) in [4.78, 5) is 26.5. The van der Waals surface area contributed by atoms with Crippen LogP contribution >= 0.6 is 0 Å². The summed E-state index contributed by atoms with van der Waals surface area (Å²) in [6, 6.07) is 8.80. The summed E-state index contributed by atoms with van der Waals surface area (Å²) >= 11 is 0. The molecule has 1 aliphatic heterocycles. The fourth-order valence-electron chi connectivity index (χ4n) is 4.26. The molecule has 0 radical (unpaired) electrons. The number of hydrazine groups is 1. The zero-order valence-corrected chi connectivity index (χ0v) is 20.6. The summed E-state index contributed by atoms with van der Waals surface area (Å²) in [5.41, 5.74) is 5.59. The van der Waals surface area contributed by atoms with Gasteiger partial charge < -0.3 is 14.2 Å². The highest BCUT2D eigenvalue weighted by atomic mass is 16.6. The lowest BCUT2D eigenvalue weighted by Crippen LogP contribution is -2.56. The van der Waals surface area contributed by atoms with Crippen molar-refractivity contribution in [2.24, 2.45) is 5.41 Å². The first-order valence-electron chi connectivity index (χ1n) is 11.3. The number of hydrogen-bond donors (Lipinski definition) is 1. The van der Waals surface area contributed by atoms with E-state index in [-0.39, 0.29) is 17.4 Å². The van der Waals surface area contributed by atoms with Gasteiger partial charge in [0.2, 0.25) is 0 Å². The molecule has 178 valence electrons. The minimum atomic E-state index is -0.741. The van der Waals surface area contributed by atoms with Crippen LogP contribution in [0, 0.1) is 26.2 Å². The Labute approximate surface area is 196 Å². The van der Waals surface area contributed by atoms with Crippen LogP contribution in [0.1, 0.15) is 61.2 Å². The molecule has 0 bridgehead atoms. The minimum absolute atomic E-state index is 0.250. The summed E-state index contributed by atoms with van der Waals surface area (Å²) in [7, 11) is 0. The Kier molecular flexibility index (Phi) is 7.20. The van der Waals surface area contributed by atoms with Crippen LogP contribution < -0.4 is 19.6 Å². The molecule has 0 aliphatic carbocycles. The predicted molar refractivity (Wildman–Crippen MR) is 127 cm³/mol. The zero-order valence-electron chi connectivity index (χ0n) is 20.6. The number of aryl methyl sites for hydroxylation is 2. The number of fused-ring (bicyclic) bond motifs is 1. The molecule has 2 aromatic carbocycles. The molecule has 7 nitrogen and oxygen atoms in total. The third-order valence-corrected chi connectivity index (χ3v) is 5.71. The smallest absolute Gasteiger partial charge is 0.431 e. The van der Waals surface area contributed by atoms with Crippen LogP contribution in [0.2, 0.25) is 0 Å². The second kappa shape index (κ2) is 9.73. The Balaban J connectivity index is 1.88. The van der Waals surface area contributed by atoms with Gasteiger partial charge >= 0.3 is 6.09 Å². The maximum atomic E-state index is 13.6. The average molecular weight is 455 g/mol. The normalized spacial score (nSPS) is 13.8. The van der Waals surface area contributed by atoms with Crippen LogP contribution in [0.15, 0.2) is 30.3 Å². The topological polar surface area (TPSA) is 77.1 Å². The van der Waals surface area contributed by atoms with E-state index in [2.05, 4.69) is 5.43 Å². The predicted octanol–water partition coefficient (Wildman–Crippen LogP) is 5.35. The number of carbonyl (C=O) groups is 2. The van der Waals surface area contributed by atoms with Gasteiger partial charge in [0.25, 0.3) is 5.91 Å². The number of nitrogens with one attached hydrogen (secondary N) is 1. The molecule has 1 atom stereocenters. The van der Waals surface area contributed by atoms with Crippen molar-refractivity contribution in [1.29, 1.82) is 0 Å². The Hall–Kier alpha value is -3.22. The maximum Gasteiger partial charge on any atom is 0.431 e. The summed E-state index contributed by atoms with van der Waals surface area (Å²) in [5, 5.41) is 1.41. The molecule has 0 saturated heterocycles. The Morgan fingerprint density at radius 2 is 1.70 bits per heavy atom. The molecule has 0 saturated carbocycles. The Morgan fingerprint density at radius 3 is 2.30 bits per heavy atom. The number of carbonyl (C=O) groups excluding carboxylic acids is 2. The summed E-state index contributed by atoms with van der Waals surface area (Å²) in [6.07, 6.45) is -0.0844. The van der Waals surface area contributed by atoms with E-state index in [1.807, 2.05) is 59.7 Å². The average Bonchev–Trinajstić information content (AvgIpc) is 2.73. The van der Waals surface area contributed by atoms with Crippen LogP contribution in [-0.4, -0.2) is 36.3 Å². The number of ether oxygens (including phenoxy) is 3. The van der Waals surface area contributed by atoms with Gasteiger partial charge in [-0.3, -0.25) is 4.79 Å². The first-order valence-corrected chi connectivity index (χ1v) is 11.3. The molecule has 2 aromatic rings. The van der Waals surface area contributed by atoms with Crippen molar-refractivity contribution in [3.8, 4) is 17.2 Å². The van der Waals surface area contributed by atoms with Crippen LogP contribution in [0.25, 0.3) is 0 Å². The molecule has 0 aromatic heterocycles. The van der Waals surface area contributed by atoms with Crippen molar-refractivity contribution >= 4 is 12.0 Å². The van der Waals surface area contributed by atoms with Crippen LogP contribution in [0.4, 0.5) is 4.79 Å². The van der Waals surface area contributed by atoms with Crippen LogP contribution in [-0.2, 0) is 0 Å². The fourth-order valence-corrected chi connectivity index (χ4v) is 4.26. The number of nitrogens with zero attached hydrogens (tertiary/aromatic N) is 1. The summed E-state index contributed by atoms with van der Waals surface area (Å²) < 4.78 is 16.9. The van der Waals surface area contributed by atoms with Crippen molar-refractivity contribution < 1.29 is 23.8 Å². The van der Waals surface area contributed by atoms with Gasteiger partial charge in [0.1, 0.15) is 19.0 Å². The standard InChI is InChI=1S/C26H34N2O5/c1-8-22(26(5,6)7)28(24(29)19-14-16(2)13-17(3)15-19)27-25(30)33-20-9-10-21-23(18(20)4)32-12-11-31-21/h9-10,13-15,22H,8,11-12H2,1-7H3,(H,27,30). The number of rotatable bonds is 4. The molecule has 33 heavy (non-hydrogen) atoms. The maximum absolute atomic E-state index is 13.6. The molecule has 1 aliphatic rings. The van der Waals surface area contributed by atoms with Crippen molar-refractivity contribution in [3.05, 3.63) is 52.6 Å². The van der Waals surface area contributed by atoms with Gasteiger partial charge in [0, 0.05) is 11.1 Å². The second-order valence-electron chi connectivity index (χ2n) is 9.56. The third-order valence-electron chi connectivity index (χ3n) is 5.71. The minimum Gasteiger partial charge on any atom is -0.486 e. The van der Waals surface area contributed by atoms with Gasteiger partial charge in [-0.1, -0.05) is 44.9 Å². The van der Waals surface area contributed by atoms with Crippen molar-refractivity contribution in [2.75, 3.05) is 13.2 Å². The molecule has 1 heterocycles. The van der Waals surface area contributed by atoms with E-state index in [1.54, 1.807) is 19.1 Å². The molecular formula is C26H34N2O5. The summed E-state index contributed by atoms with van der Waals surface area (Å²) in [6.45, 7) is 14.7. The zero-order chi connectivity index (χ0) is 24.3. The fraction of sp³-hybridized carbons (Fsp3) is 0.462. The van der Waals surface area contributed by atoms with Crippen LogP contribution in [0.5, 0.6) is 17.2 Å². The van der Waals surface area contributed by atoms with Crippen molar-refractivity contribution in [3.63, 3.8) is 0 Å². The van der Waals surface area contributed by atoms with E-state index >= 15 is 0 Å². The molecule has 1 N–H and O–H groups in total. The van der Waals surface area contributed by atoms with Gasteiger partial charge in [0.05, 0.1) is 6.04 Å². The third kappa shape index (κ3) is 5.59. The van der Waals surface area contributed by atoms with E-state index in [9.17, 15) is 9.59 Å². The van der Waals surface area contributed by atoms with E-state index < -0.39 is 6.09 Å². The monoisotopic (exact) mass is 454 g/mol. The number of hydrogen-bond acceptors (Lipinski definition) is 5. The van der Waals surface area contributed by atoms with E-state index in [0.29, 0.717) is 48.0 Å². The molecule has 0 fully saturated rings. The first-order chi connectivity index (χ1) is 15.5. The molecule has 3 rings (SSSR count). The van der Waals surface area contributed by atoms with Crippen LogP contribution in [0.3, 0.4) is 0 Å².